The van der Waals surface area contributed by atoms with Crippen LogP contribution in [0.5, 0.6) is 0 Å². The lowest BCUT2D eigenvalue weighted by atomic mass is 10.1. The van der Waals surface area contributed by atoms with Gasteiger partial charge < -0.3 is 10.2 Å². The van der Waals surface area contributed by atoms with Gasteiger partial charge >= 0.3 is 0 Å². The number of benzene rings is 1. The number of aryl methyl sites for hydroxylation is 1. The Morgan fingerprint density at radius 3 is 2.63 bits per heavy atom. The van der Waals surface area contributed by atoms with E-state index in [9.17, 15) is 0 Å². The summed E-state index contributed by atoms with van der Waals surface area (Å²) in [5.41, 5.74) is 3.01. The Kier molecular flexibility index (Phi) is 3.52. The molecule has 19 heavy (non-hydrogen) atoms. The van der Waals surface area contributed by atoms with Crippen LogP contribution in [0.3, 0.4) is 0 Å². The minimum absolute atomic E-state index is 0.627. The van der Waals surface area contributed by atoms with Crippen LogP contribution < -0.4 is 10.2 Å². The summed E-state index contributed by atoms with van der Waals surface area (Å²) < 4.78 is 0. The quantitative estimate of drug-likeness (QED) is 0.875. The number of aromatic nitrogens is 1. The summed E-state index contributed by atoms with van der Waals surface area (Å²) in [4.78, 5) is 6.90. The number of rotatable bonds is 1. The van der Waals surface area contributed by atoms with Crippen molar-refractivity contribution in [2.24, 2.45) is 0 Å². The molecule has 0 unspecified atom stereocenters. The van der Waals surface area contributed by atoms with Gasteiger partial charge in [0.15, 0.2) is 0 Å². The predicted octanol–water partition coefficient (Wildman–Crippen LogP) is 3.26. The molecule has 1 aliphatic heterocycles. The Bertz CT molecular complexity index is 616. The summed E-state index contributed by atoms with van der Waals surface area (Å²) in [6.07, 6.45) is 0. The number of pyridine rings is 1. The third kappa shape index (κ3) is 2.50. The number of hydrogen-bond donors (Lipinski definition) is 1. The SMILES string of the molecule is Cc1cc(N2CCNCC2)c2c(Cl)cc(Cl)cc2n1. The van der Waals surface area contributed by atoms with Crippen LogP contribution in [0.15, 0.2) is 18.2 Å². The van der Waals surface area contributed by atoms with Gasteiger partial charge in [-0.2, -0.15) is 0 Å². The van der Waals surface area contributed by atoms with Crippen LogP contribution in [0, 0.1) is 6.92 Å². The second kappa shape index (κ2) is 5.16. The minimum atomic E-state index is 0.627. The average Bonchev–Trinajstić information content (AvgIpc) is 2.38. The van der Waals surface area contributed by atoms with Gasteiger partial charge in [-0.05, 0) is 25.1 Å². The first-order valence-corrected chi connectivity index (χ1v) is 7.13. The molecule has 1 fully saturated rings. The van der Waals surface area contributed by atoms with E-state index in [-0.39, 0.29) is 0 Å². The van der Waals surface area contributed by atoms with Crippen LogP contribution in [-0.4, -0.2) is 31.2 Å². The Morgan fingerprint density at radius 1 is 1.16 bits per heavy atom. The van der Waals surface area contributed by atoms with E-state index < -0.39 is 0 Å². The third-order valence-electron chi connectivity index (χ3n) is 3.39. The highest BCUT2D eigenvalue weighted by Crippen LogP contribution is 2.35. The van der Waals surface area contributed by atoms with Crippen LogP contribution in [0.4, 0.5) is 5.69 Å². The molecule has 5 heteroatoms. The lowest BCUT2D eigenvalue weighted by molar-refractivity contribution is 0.590. The van der Waals surface area contributed by atoms with Crippen molar-refractivity contribution in [3.8, 4) is 0 Å². The van der Waals surface area contributed by atoms with E-state index in [0.29, 0.717) is 10.0 Å². The van der Waals surface area contributed by atoms with Crippen LogP contribution in [0.1, 0.15) is 5.69 Å². The molecular weight excluding hydrogens is 281 g/mol. The monoisotopic (exact) mass is 295 g/mol. The van der Waals surface area contributed by atoms with E-state index in [1.807, 2.05) is 13.0 Å². The first-order valence-electron chi connectivity index (χ1n) is 6.37. The van der Waals surface area contributed by atoms with Gasteiger partial charge in [-0.25, -0.2) is 0 Å². The zero-order valence-electron chi connectivity index (χ0n) is 10.7. The summed E-state index contributed by atoms with van der Waals surface area (Å²) in [5, 5.41) is 5.65. The number of hydrogen-bond acceptors (Lipinski definition) is 3. The molecule has 3 rings (SSSR count). The normalized spacial score (nSPS) is 16.1. The van der Waals surface area contributed by atoms with Crippen molar-refractivity contribution in [2.45, 2.75) is 6.92 Å². The van der Waals surface area contributed by atoms with Gasteiger partial charge in [0.25, 0.3) is 0 Å². The van der Waals surface area contributed by atoms with E-state index in [2.05, 4.69) is 21.3 Å². The standard InChI is InChI=1S/C14H15Cl2N3/c1-9-6-13(19-4-2-17-3-5-19)14-11(16)7-10(15)8-12(14)18-9/h6-8,17H,2-5H2,1H3. The van der Waals surface area contributed by atoms with Crippen LogP contribution >= 0.6 is 23.2 Å². The maximum absolute atomic E-state index is 6.37. The molecule has 0 aliphatic carbocycles. The Labute approximate surface area is 122 Å². The highest BCUT2D eigenvalue weighted by Gasteiger charge is 2.16. The summed E-state index contributed by atoms with van der Waals surface area (Å²) in [5.74, 6) is 0. The fourth-order valence-corrected chi connectivity index (χ4v) is 3.13. The first-order chi connectivity index (χ1) is 9.15. The zero-order chi connectivity index (χ0) is 13.4. The van der Waals surface area contributed by atoms with Crippen molar-refractivity contribution in [3.63, 3.8) is 0 Å². The van der Waals surface area contributed by atoms with E-state index in [0.717, 1.165) is 48.5 Å². The maximum Gasteiger partial charge on any atom is 0.0755 e. The van der Waals surface area contributed by atoms with Gasteiger partial charge in [-0.3, -0.25) is 4.98 Å². The molecule has 3 nitrogen and oxygen atoms in total. The largest absolute Gasteiger partial charge is 0.368 e. The molecule has 1 aromatic carbocycles. The molecule has 1 aromatic heterocycles. The second-order valence-corrected chi connectivity index (χ2v) is 5.65. The Balaban J connectivity index is 2.22. The number of halogens is 2. The van der Waals surface area contributed by atoms with Crippen LogP contribution in [0.25, 0.3) is 10.9 Å². The number of nitrogens with one attached hydrogen (secondary N) is 1. The molecule has 1 aliphatic rings. The number of piperazine rings is 1. The highest BCUT2D eigenvalue weighted by molar-refractivity contribution is 6.39. The smallest absolute Gasteiger partial charge is 0.0755 e. The van der Waals surface area contributed by atoms with E-state index in [1.54, 1.807) is 6.07 Å². The van der Waals surface area contributed by atoms with E-state index in [1.165, 1.54) is 0 Å². The topological polar surface area (TPSA) is 28.2 Å². The van der Waals surface area contributed by atoms with Crippen molar-refractivity contribution in [3.05, 3.63) is 33.9 Å². The Hall–Kier alpha value is -1.03. The van der Waals surface area contributed by atoms with Gasteiger partial charge in [0.1, 0.15) is 0 Å². The van der Waals surface area contributed by atoms with Crippen molar-refractivity contribution in [1.29, 1.82) is 0 Å². The molecule has 0 atom stereocenters. The highest BCUT2D eigenvalue weighted by atomic mass is 35.5. The van der Waals surface area contributed by atoms with Crippen LogP contribution in [0.2, 0.25) is 10.0 Å². The second-order valence-electron chi connectivity index (χ2n) is 4.80. The summed E-state index contributed by atoms with van der Waals surface area (Å²) in [7, 11) is 0. The average molecular weight is 296 g/mol. The molecule has 1 saturated heterocycles. The van der Waals surface area contributed by atoms with Gasteiger partial charge in [0, 0.05) is 48.0 Å². The van der Waals surface area contributed by atoms with Crippen molar-refractivity contribution >= 4 is 39.8 Å². The first kappa shape index (κ1) is 13.0. The molecule has 0 radical (unpaired) electrons. The fourth-order valence-electron chi connectivity index (χ4n) is 2.55. The summed E-state index contributed by atoms with van der Waals surface area (Å²) in [6.45, 7) is 5.96. The third-order valence-corrected chi connectivity index (χ3v) is 3.91. The maximum atomic E-state index is 6.37. The molecule has 100 valence electrons. The lowest BCUT2D eigenvalue weighted by Crippen LogP contribution is -2.43. The summed E-state index contributed by atoms with van der Waals surface area (Å²) in [6, 6.07) is 5.77. The molecule has 2 aromatic rings. The van der Waals surface area contributed by atoms with Crippen molar-refractivity contribution < 1.29 is 0 Å². The van der Waals surface area contributed by atoms with E-state index in [4.69, 9.17) is 23.2 Å². The molecular formula is C14H15Cl2N3. The number of anilines is 1. The Morgan fingerprint density at radius 2 is 1.89 bits per heavy atom. The molecule has 1 N–H and O–H groups in total. The van der Waals surface area contributed by atoms with Crippen molar-refractivity contribution in [2.75, 3.05) is 31.1 Å². The molecule has 0 amide bonds. The molecule has 0 spiro atoms. The fraction of sp³-hybridized carbons (Fsp3) is 0.357. The van der Waals surface area contributed by atoms with Gasteiger partial charge in [-0.15, -0.1) is 0 Å². The minimum Gasteiger partial charge on any atom is -0.368 e. The predicted molar refractivity (Wildman–Crippen MR) is 81.6 cm³/mol. The number of nitrogens with zero attached hydrogens (tertiary/aromatic N) is 2. The zero-order valence-corrected chi connectivity index (χ0v) is 12.2. The van der Waals surface area contributed by atoms with Gasteiger partial charge in [-0.1, -0.05) is 23.2 Å². The molecule has 0 saturated carbocycles. The van der Waals surface area contributed by atoms with Crippen LogP contribution in [-0.2, 0) is 0 Å². The summed E-state index contributed by atoms with van der Waals surface area (Å²) >= 11 is 12.4. The lowest BCUT2D eigenvalue weighted by Gasteiger charge is -2.30. The van der Waals surface area contributed by atoms with Crippen molar-refractivity contribution in [1.82, 2.24) is 10.3 Å². The molecule has 2 heterocycles. The number of fused-ring (bicyclic) bond motifs is 1. The van der Waals surface area contributed by atoms with E-state index >= 15 is 0 Å². The van der Waals surface area contributed by atoms with Gasteiger partial charge in [0.2, 0.25) is 0 Å². The molecule has 0 bridgehead atoms. The van der Waals surface area contributed by atoms with Gasteiger partial charge in [0.05, 0.1) is 10.5 Å².